The predicted octanol–water partition coefficient (Wildman–Crippen LogP) is 4.23. The van der Waals surface area contributed by atoms with E-state index in [9.17, 15) is 19.8 Å². The summed E-state index contributed by atoms with van der Waals surface area (Å²) in [5.41, 5.74) is -1.09. The van der Waals surface area contributed by atoms with Crippen LogP contribution in [0, 0.1) is 28.6 Å². The molecule has 178 valence electrons. The van der Waals surface area contributed by atoms with Crippen molar-refractivity contribution in [2.24, 2.45) is 28.6 Å². The standard InChI is InChI=1S/C25H36O5S2/c1-14(2)30-22(31)32-13-20(28)25(29)10-8-18-17-6-5-15-11-16(26)7-9-23(15,3)21(17)19(27)12-24(18,25)4/h11,14,17-19,21,27,29H,5-10,12-13H2,1-4H3/t17?,18?,19-,21?,23-,24-,25-/m0/s1. The normalized spacial score (nSPS) is 43.2. The van der Waals surface area contributed by atoms with Crippen LogP contribution in [-0.4, -0.2) is 49.7 Å². The number of hydrogen-bond acceptors (Lipinski definition) is 7. The van der Waals surface area contributed by atoms with Gasteiger partial charge in [-0.05, 0) is 93.8 Å². The lowest BCUT2D eigenvalue weighted by atomic mass is 9.45. The molecule has 4 aliphatic rings. The van der Waals surface area contributed by atoms with Gasteiger partial charge in [-0.25, -0.2) is 0 Å². The molecule has 4 rings (SSSR count). The maximum atomic E-state index is 13.3. The molecule has 0 amide bonds. The zero-order valence-electron chi connectivity index (χ0n) is 19.6. The zero-order chi connectivity index (χ0) is 23.5. The zero-order valence-corrected chi connectivity index (χ0v) is 21.2. The Labute approximate surface area is 200 Å². The summed E-state index contributed by atoms with van der Waals surface area (Å²) in [5.74, 6) is 0.583. The lowest BCUT2D eigenvalue weighted by Gasteiger charge is -2.60. The monoisotopic (exact) mass is 480 g/mol. The first-order valence-corrected chi connectivity index (χ1v) is 13.3. The minimum atomic E-state index is -1.45. The molecule has 32 heavy (non-hydrogen) atoms. The molecule has 0 bridgehead atoms. The highest BCUT2D eigenvalue weighted by atomic mass is 32.2. The molecule has 0 heterocycles. The summed E-state index contributed by atoms with van der Waals surface area (Å²) >= 11 is 6.38. The molecule has 3 fully saturated rings. The number of thioether (sulfide) groups is 1. The van der Waals surface area contributed by atoms with Crippen molar-refractivity contribution in [3.63, 3.8) is 0 Å². The highest BCUT2D eigenvalue weighted by Crippen LogP contribution is 2.67. The Balaban J connectivity index is 1.56. The van der Waals surface area contributed by atoms with Crippen molar-refractivity contribution < 1.29 is 24.5 Å². The lowest BCUT2D eigenvalue weighted by molar-refractivity contribution is -0.178. The van der Waals surface area contributed by atoms with Gasteiger partial charge in [-0.1, -0.05) is 31.2 Å². The smallest absolute Gasteiger partial charge is 0.220 e. The quantitative estimate of drug-likeness (QED) is 0.583. The molecule has 0 spiro atoms. The molecule has 0 radical (unpaired) electrons. The van der Waals surface area contributed by atoms with Crippen LogP contribution in [0.3, 0.4) is 0 Å². The number of aliphatic hydroxyl groups excluding tert-OH is 1. The fourth-order valence-corrected chi connectivity index (χ4v) is 8.74. The van der Waals surface area contributed by atoms with Crippen LogP contribution < -0.4 is 0 Å². The fraction of sp³-hybridized carbons (Fsp3) is 0.800. The van der Waals surface area contributed by atoms with E-state index < -0.39 is 17.1 Å². The van der Waals surface area contributed by atoms with Gasteiger partial charge in [0, 0.05) is 11.8 Å². The van der Waals surface area contributed by atoms with Crippen molar-refractivity contribution in [2.45, 2.75) is 90.4 Å². The van der Waals surface area contributed by atoms with Crippen molar-refractivity contribution in [1.82, 2.24) is 0 Å². The van der Waals surface area contributed by atoms with Crippen LogP contribution in [0.4, 0.5) is 0 Å². The number of ether oxygens (including phenoxy) is 1. The van der Waals surface area contributed by atoms with E-state index in [2.05, 4.69) is 6.92 Å². The average molecular weight is 481 g/mol. The molecule has 4 aliphatic carbocycles. The Kier molecular flexibility index (Phi) is 6.45. The van der Waals surface area contributed by atoms with E-state index in [0.717, 1.165) is 25.7 Å². The fourth-order valence-electron chi connectivity index (χ4n) is 7.62. The summed E-state index contributed by atoms with van der Waals surface area (Å²) in [5, 5.41) is 23.2. The van der Waals surface area contributed by atoms with E-state index in [1.807, 2.05) is 26.8 Å². The van der Waals surface area contributed by atoms with E-state index in [4.69, 9.17) is 17.0 Å². The Morgan fingerprint density at radius 3 is 2.69 bits per heavy atom. The van der Waals surface area contributed by atoms with Gasteiger partial charge in [-0.3, -0.25) is 9.59 Å². The van der Waals surface area contributed by atoms with E-state index in [-0.39, 0.29) is 46.6 Å². The maximum Gasteiger partial charge on any atom is 0.220 e. The summed E-state index contributed by atoms with van der Waals surface area (Å²) in [4.78, 5) is 25.3. The number of carbonyl (C=O) groups excluding carboxylic acids is 2. The van der Waals surface area contributed by atoms with Gasteiger partial charge in [0.05, 0.1) is 18.0 Å². The molecule has 3 saturated carbocycles. The number of hydrogen-bond donors (Lipinski definition) is 2. The number of ketones is 2. The molecule has 7 heteroatoms. The first-order valence-electron chi connectivity index (χ1n) is 11.9. The van der Waals surface area contributed by atoms with Crippen molar-refractivity contribution in [2.75, 3.05) is 5.75 Å². The van der Waals surface area contributed by atoms with Gasteiger partial charge in [0.2, 0.25) is 4.38 Å². The summed E-state index contributed by atoms with van der Waals surface area (Å²) in [6, 6.07) is 0. The second-order valence-corrected chi connectivity index (χ2v) is 12.7. The van der Waals surface area contributed by atoms with Gasteiger partial charge < -0.3 is 14.9 Å². The molecule has 5 nitrogen and oxygen atoms in total. The van der Waals surface area contributed by atoms with E-state index >= 15 is 0 Å². The molecule has 7 atom stereocenters. The maximum absolute atomic E-state index is 13.3. The SMILES string of the molecule is CC(C)OC(=S)SCC(=O)[C@@]1(O)CCC2C3CCC4=CC(=O)CC[C@]4(C)C3[C@@H](O)C[C@@]21C. The first-order chi connectivity index (χ1) is 14.9. The number of Topliss-reactive ketones (excluding diaryl/α,β-unsaturated/α-hetero) is 1. The Bertz CT molecular complexity index is 853. The van der Waals surface area contributed by atoms with Crippen molar-refractivity contribution in [3.05, 3.63) is 11.6 Å². The molecule has 2 N–H and O–H groups in total. The molecule has 0 aliphatic heterocycles. The van der Waals surface area contributed by atoms with Crippen molar-refractivity contribution in [3.8, 4) is 0 Å². The minimum absolute atomic E-state index is 0.0475. The van der Waals surface area contributed by atoms with Crippen LogP contribution in [0.25, 0.3) is 0 Å². The largest absolute Gasteiger partial charge is 0.476 e. The van der Waals surface area contributed by atoms with Crippen molar-refractivity contribution in [1.29, 1.82) is 0 Å². The van der Waals surface area contributed by atoms with Gasteiger partial charge in [-0.15, -0.1) is 0 Å². The molecule has 0 aromatic rings. The highest BCUT2D eigenvalue weighted by molar-refractivity contribution is 8.23. The summed E-state index contributed by atoms with van der Waals surface area (Å²) in [6.45, 7) is 8.00. The van der Waals surface area contributed by atoms with Crippen LogP contribution in [0.5, 0.6) is 0 Å². The number of aliphatic hydroxyl groups is 2. The third-order valence-corrected chi connectivity index (χ3v) is 10.4. The van der Waals surface area contributed by atoms with Gasteiger partial charge in [0.15, 0.2) is 11.6 Å². The summed E-state index contributed by atoms with van der Waals surface area (Å²) in [7, 11) is 0. The minimum Gasteiger partial charge on any atom is -0.476 e. The molecular formula is C25H36O5S2. The predicted molar refractivity (Wildman–Crippen MR) is 129 cm³/mol. The highest BCUT2D eigenvalue weighted by Gasteiger charge is 2.68. The van der Waals surface area contributed by atoms with Crippen LogP contribution in [0.15, 0.2) is 11.6 Å². The van der Waals surface area contributed by atoms with Crippen LogP contribution >= 0.6 is 24.0 Å². The Hall–Kier alpha value is -0.760. The molecular weight excluding hydrogens is 444 g/mol. The molecule has 0 aromatic heterocycles. The summed E-state index contributed by atoms with van der Waals surface area (Å²) < 4.78 is 5.80. The number of carbonyl (C=O) groups is 2. The van der Waals surface area contributed by atoms with Gasteiger partial charge in [0.25, 0.3) is 0 Å². The topological polar surface area (TPSA) is 83.8 Å². The Morgan fingerprint density at radius 1 is 1.28 bits per heavy atom. The van der Waals surface area contributed by atoms with Gasteiger partial charge >= 0.3 is 0 Å². The lowest BCUT2D eigenvalue weighted by Crippen LogP contribution is -2.62. The molecule has 0 saturated heterocycles. The first kappa shape index (κ1) is 24.4. The average Bonchev–Trinajstić information content (AvgIpc) is 2.97. The second-order valence-electron chi connectivity index (χ2n) is 11.1. The third kappa shape index (κ3) is 3.71. The van der Waals surface area contributed by atoms with Gasteiger partial charge in [-0.2, -0.15) is 0 Å². The Morgan fingerprint density at radius 2 is 2.00 bits per heavy atom. The molecule has 3 unspecified atom stereocenters. The third-order valence-electron chi connectivity index (χ3n) is 9.16. The van der Waals surface area contributed by atoms with Crippen LogP contribution in [0.2, 0.25) is 0 Å². The number of thiocarbonyl (C=S) groups is 1. The number of fused-ring (bicyclic) bond motifs is 5. The number of allylic oxidation sites excluding steroid dienone is 1. The number of rotatable bonds is 4. The van der Waals surface area contributed by atoms with E-state index in [1.54, 1.807) is 0 Å². The van der Waals surface area contributed by atoms with Crippen LogP contribution in [0.1, 0.15) is 72.6 Å². The van der Waals surface area contributed by atoms with Crippen LogP contribution in [-0.2, 0) is 14.3 Å². The van der Waals surface area contributed by atoms with E-state index in [0.29, 0.717) is 23.6 Å². The van der Waals surface area contributed by atoms with Crippen molar-refractivity contribution >= 4 is 39.9 Å². The van der Waals surface area contributed by atoms with Gasteiger partial charge in [0.1, 0.15) is 5.60 Å². The summed E-state index contributed by atoms with van der Waals surface area (Å²) in [6.07, 6.45) is 5.91. The van der Waals surface area contributed by atoms with E-state index in [1.165, 1.54) is 17.3 Å². The second kappa shape index (κ2) is 8.47. The molecule has 0 aromatic carbocycles.